The maximum atomic E-state index is 12.2. The van der Waals surface area contributed by atoms with E-state index >= 15 is 0 Å². The molecule has 0 fully saturated rings. The van der Waals surface area contributed by atoms with Crippen molar-refractivity contribution >= 4 is 22.8 Å². The molecule has 0 aliphatic heterocycles. The molecule has 29 heavy (non-hydrogen) atoms. The Kier molecular flexibility index (Phi) is 5.72. The highest BCUT2D eigenvalue weighted by molar-refractivity contribution is 5.96. The number of fused-ring (bicyclic) bond motifs is 1. The van der Waals surface area contributed by atoms with Crippen LogP contribution in [0, 0.1) is 12.8 Å². The van der Waals surface area contributed by atoms with Crippen molar-refractivity contribution in [1.82, 2.24) is 5.32 Å². The zero-order chi connectivity index (χ0) is 21.1. The smallest absolute Gasteiger partial charge is 0.371 e. The van der Waals surface area contributed by atoms with Crippen LogP contribution in [0.5, 0.6) is 5.75 Å². The van der Waals surface area contributed by atoms with Crippen LogP contribution < -0.4 is 15.7 Å². The average Bonchev–Trinajstić information content (AvgIpc) is 3.04. The minimum Gasteiger partial charge on any atom is -0.489 e. The predicted molar refractivity (Wildman–Crippen MR) is 104 cm³/mol. The standard InChI is InChI=1S/C21H21NO7/c1-11(2)9-22-19(23)16-6-13-4-5-15(8-17(13)29-21(16)26)27-10-14-7-18(20(24)25)28-12(14)3/h4-8,11H,9-10H2,1-3H3,(H,22,23)(H,24,25). The van der Waals surface area contributed by atoms with Crippen LogP contribution in [0.15, 0.2) is 44.0 Å². The summed E-state index contributed by atoms with van der Waals surface area (Å²) >= 11 is 0. The lowest BCUT2D eigenvalue weighted by Gasteiger charge is -2.08. The van der Waals surface area contributed by atoms with Gasteiger partial charge in [0.05, 0.1) is 0 Å². The van der Waals surface area contributed by atoms with E-state index in [-0.39, 0.29) is 29.4 Å². The van der Waals surface area contributed by atoms with Gasteiger partial charge in [0.1, 0.15) is 29.3 Å². The molecule has 3 rings (SSSR count). The lowest BCUT2D eigenvalue weighted by atomic mass is 10.1. The van der Waals surface area contributed by atoms with Crippen LogP contribution in [0.1, 0.15) is 46.1 Å². The van der Waals surface area contributed by atoms with Gasteiger partial charge in [-0.3, -0.25) is 4.79 Å². The Hall–Kier alpha value is -3.55. The van der Waals surface area contributed by atoms with E-state index in [0.717, 1.165) is 0 Å². The highest BCUT2D eigenvalue weighted by Crippen LogP contribution is 2.23. The molecule has 8 nitrogen and oxygen atoms in total. The highest BCUT2D eigenvalue weighted by atomic mass is 16.5. The van der Waals surface area contributed by atoms with Crippen LogP contribution in [0.4, 0.5) is 0 Å². The Bertz CT molecular complexity index is 1120. The lowest BCUT2D eigenvalue weighted by molar-refractivity contribution is 0.0660. The van der Waals surface area contributed by atoms with Gasteiger partial charge in [0.2, 0.25) is 5.76 Å². The summed E-state index contributed by atoms with van der Waals surface area (Å²) < 4.78 is 16.1. The first-order chi connectivity index (χ1) is 13.7. The molecule has 0 atom stereocenters. The first kappa shape index (κ1) is 20.2. The monoisotopic (exact) mass is 399 g/mol. The number of aryl methyl sites for hydroxylation is 1. The largest absolute Gasteiger partial charge is 0.489 e. The van der Waals surface area contributed by atoms with Gasteiger partial charge in [-0.15, -0.1) is 0 Å². The number of amides is 1. The molecule has 2 aromatic heterocycles. The fraction of sp³-hybridized carbons (Fsp3) is 0.286. The molecular weight excluding hydrogens is 378 g/mol. The Balaban J connectivity index is 1.78. The van der Waals surface area contributed by atoms with Crippen LogP contribution in [0.25, 0.3) is 11.0 Å². The number of carbonyl (C=O) groups is 2. The Morgan fingerprint density at radius 2 is 1.93 bits per heavy atom. The van der Waals surface area contributed by atoms with Gasteiger partial charge in [-0.1, -0.05) is 13.8 Å². The normalized spacial score (nSPS) is 11.0. The molecule has 0 saturated carbocycles. The molecule has 1 amide bonds. The fourth-order valence-electron chi connectivity index (χ4n) is 2.66. The predicted octanol–water partition coefficient (Wildman–Crippen LogP) is 3.36. The van der Waals surface area contributed by atoms with E-state index < -0.39 is 17.5 Å². The van der Waals surface area contributed by atoms with Gasteiger partial charge in [-0.05, 0) is 37.1 Å². The number of furan rings is 1. The summed E-state index contributed by atoms with van der Waals surface area (Å²) in [6.45, 7) is 6.11. The first-order valence-corrected chi connectivity index (χ1v) is 9.06. The number of hydrogen-bond donors (Lipinski definition) is 2. The third-order valence-electron chi connectivity index (χ3n) is 4.25. The van der Waals surface area contributed by atoms with Crippen molar-refractivity contribution in [2.75, 3.05) is 6.54 Å². The van der Waals surface area contributed by atoms with E-state index in [0.29, 0.717) is 29.0 Å². The van der Waals surface area contributed by atoms with Crippen molar-refractivity contribution in [3.05, 3.63) is 63.4 Å². The molecule has 0 saturated heterocycles. The van der Waals surface area contributed by atoms with E-state index in [2.05, 4.69) is 5.32 Å². The SMILES string of the molecule is Cc1oc(C(=O)O)cc1COc1ccc2cc(C(=O)NCC(C)C)c(=O)oc2c1. The van der Waals surface area contributed by atoms with Crippen molar-refractivity contribution in [3.8, 4) is 5.75 Å². The van der Waals surface area contributed by atoms with Gasteiger partial charge in [0.25, 0.3) is 5.91 Å². The van der Waals surface area contributed by atoms with Crippen molar-refractivity contribution in [2.24, 2.45) is 5.92 Å². The summed E-state index contributed by atoms with van der Waals surface area (Å²) in [6.07, 6.45) is 0. The number of hydrogen-bond acceptors (Lipinski definition) is 6. The summed E-state index contributed by atoms with van der Waals surface area (Å²) in [6, 6.07) is 7.78. The topological polar surface area (TPSA) is 119 Å². The molecule has 0 radical (unpaired) electrons. The number of carboxylic acid groups (broad SMARTS) is 1. The van der Waals surface area contributed by atoms with E-state index in [1.807, 2.05) is 13.8 Å². The minimum atomic E-state index is -1.15. The molecule has 8 heteroatoms. The summed E-state index contributed by atoms with van der Waals surface area (Å²) in [5, 5.41) is 12.2. The third-order valence-corrected chi connectivity index (χ3v) is 4.25. The van der Waals surface area contributed by atoms with Crippen LogP contribution in [-0.4, -0.2) is 23.5 Å². The molecule has 1 aromatic carbocycles. The van der Waals surface area contributed by atoms with Crippen molar-refractivity contribution in [3.63, 3.8) is 0 Å². The quantitative estimate of drug-likeness (QED) is 0.585. The number of nitrogens with one attached hydrogen (secondary N) is 1. The molecule has 0 unspecified atom stereocenters. The highest BCUT2D eigenvalue weighted by Gasteiger charge is 2.16. The number of aromatic carboxylic acids is 1. The van der Waals surface area contributed by atoms with Crippen molar-refractivity contribution < 1.29 is 28.3 Å². The summed E-state index contributed by atoms with van der Waals surface area (Å²) in [7, 11) is 0. The Labute approximate surface area is 166 Å². The van der Waals surface area contributed by atoms with Gasteiger partial charge in [0.15, 0.2) is 0 Å². The second-order valence-electron chi connectivity index (χ2n) is 7.04. The number of carboxylic acids is 1. The van der Waals surface area contributed by atoms with E-state index in [9.17, 15) is 14.4 Å². The maximum absolute atomic E-state index is 12.2. The van der Waals surface area contributed by atoms with Gasteiger partial charge in [0, 0.05) is 23.6 Å². The molecule has 2 N–H and O–H groups in total. The van der Waals surface area contributed by atoms with E-state index in [1.165, 1.54) is 12.1 Å². The van der Waals surface area contributed by atoms with E-state index in [4.69, 9.17) is 18.7 Å². The second kappa shape index (κ2) is 8.22. The summed E-state index contributed by atoms with van der Waals surface area (Å²) in [5.41, 5.74) is 0.0962. The van der Waals surface area contributed by atoms with Crippen molar-refractivity contribution in [2.45, 2.75) is 27.4 Å². The molecule has 0 bridgehead atoms. The molecular formula is C21H21NO7. The molecule has 0 aliphatic rings. The van der Waals surface area contributed by atoms with Gasteiger partial charge >= 0.3 is 11.6 Å². The fourth-order valence-corrected chi connectivity index (χ4v) is 2.66. The number of carbonyl (C=O) groups excluding carboxylic acids is 1. The van der Waals surface area contributed by atoms with Crippen LogP contribution in [-0.2, 0) is 6.61 Å². The Morgan fingerprint density at radius 3 is 2.59 bits per heavy atom. The maximum Gasteiger partial charge on any atom is 0.371 e. The average molecular weight is 399 g/mol. The van der Waals surface area contributed by atoms with Gasteiger partial charge in [-0.2, -0.15) is 0 Å². The lowest BCUT2D eigenvalue weighted by Crippen LogP contribution is -2.31. The zero-order valence-corrected chi connectivity index (χ0v) is 16.3. The summed E-state index contributed by atoms with van der Waals surface area (Å²) in [4.78, 5) is 35.3. The summed E-state index contributed by atoms with van der Waals surface area (Å²) in [5.74, 6) is -0.646. The molecule has 0 aliphatic carbocycles. The molecule has 2 heterocycles. The van der Waals surface area contributed by atoms with Gasteiger partial charge in [-0.25, -0.2) is 9.59 Å². The van der Waals surface area contributed by atoms with Gasteiger partial charge < -0.3 is 24.0 Å². The second-order valence-corrected chi connectivity index (χ2v) is 7.04. The van der Waals surface area contributed by atoms with Crippen LogP contribution >= 0.6 is 0 Å². The molecule has 3 aromatic rings. The van der Waals surface area contributed by atoms with Crippen LogP contribution in [0.3, 0.4) is 0 Å². The first-order valence-electron chi connectivity index (χ1n) is 9.06. The Morgan fingerprint density at radius 1 is 1.17 bits per heavy atom. The third kappa shape index (κ3) is 4.66. The minimum absolute atomic E-state index is 0.0537. The van der Waals surface area contributed by atoms with Crippen molar-refractivity contribution in [1.29, 1.82) is 0 Å². The molecule has 0 spiro atoms. The number of ether oxygens (including phenoxy) is 1. The van der Waals surface area contributed by atoms with Crippen LogP contribution in [0.2, 0.25) is 0 Å². The molecule has 152 valence electrons. The zero-order valence-electron chi connectivity index (χ0n) is 16.3. The van der Waals surface area contributed by atoms with E-state index in [1.54, 1.807) is 25.1 Å². The number of rotatable bonds is 7. The number of benzene rings is 1.